The van der Waals surface area contributed by atoms with Crippen molar-refractivity contribution in [1.82, 2.24) is 0 Å². The molecule has 0 spiro atoms. The summed E-state index contributed by atoms with van der Waals surface area (Å²) >= 11 is 0. The zero-order valence-corrected chi connectivity index (χ0v) is 33.3. The summed E-state index contributed by atoms with van der Waals surface area (Å²) in [6.45, 7) is 4.97. The summed E-state index contributed by atoms with van der Waals surface area (Å²) in [4.78, 5) is 43.3. The van der Waals surface area contributed by atoms with Crippen LogP contribution >= 0.6 is 7.82 Å². The van der Waals surface area contributed by atoms with E-state index in [1.54, 1.807) is 0 Å². The Morgan fingerprint density at radius 3 is 1.29 bits per heavy atom. The highest BCUT2D eigenvalue weighted by atomic mass is 31.2. The molecule has 0 aliphatic heterocycles. The average Bonchev–Trinajstić information content (AvgIpc) is 3.03. The number of hydrogen-bond acceptors (Lipinski definition) is 6. The van der Waals surface area contributed by atoms with Gasteiger partial charge in [0.25, 0.3) is 0 Å². The molecule has 0 saturated heterocycles. The summed E-state index contributed by atoms with van der Waals surface area (Å²) in [7, 11) is -0.829. The van der Waals surface area contributed by atoms with E-state index in [9.17, 15) is 14.2 Å². The Morgan fingerprint density at radius 2 is 0.918 bits per heavy atom. The fourth-order valence-electron chi connectivity index (χ4n) is 6.25. The lowest BCUT2D eigenvalue weighted by atomic mass is 10.0. The van der Waals surface area contributed by atoms with Gasteiger partial charge in [0.2, 0.25) is 0 Å². The number of phosphoric acid groups is 1. The molecule has 0 radical (unpaired) electrons. The lowest BCUT2D eigenvalue weighted by Crippen LogP contribution is -2.49. The first-order chi connectivity index (χ1) is 23.5. The molecule has 0 bridgehead atoms. The second-order valence-electron chi connectivity index (χ2n) is 14.9. The van der Waals surface area contributed by atoms with E-state index in [4.69, 9.17) is 19.3 Å². The van der Waals surface area contributed by atoms with Crippen LogP contribution in [0.15, 0.2) is 0 Å². The van der Waals surface area contributed by atoms with Gasteiger partial charge in [0, 0.05) is 12.8 Å². The third-order valence-corrected chi connectivity index (χ3v) is 9.87. The van der Waals surface area contributed by atoms with Gasteiger partial charge in [0.15, 0.2) is 6.10 Å². The number of likely N-dealkylation sites (N-methyl/N-ethyl adjacent to an activating group) is 1. The van der Waals surface area contributed by atoms with Crippen LogP contribution in [0.25, 0.3) is 0 Å². The van der Waals surface area contributed by atoms with Crippen molar-refractivity contribution < 1.29 is 42.4 Å². The number of hydrogen-bond donors (Lipinski definition) is 2. The molecular weight excluding hydrogens is 641 g/mol. The first kappa shape index (κ1) is 48.0. The second kappa shape index (κ2) is 32.9. The van der Waals surface area contributed by atoms with E-state index in [2.05, 4.69) is 18.4 Å². The van der Waals surface area contributed by atoms with Crippen LogP contribution in [-0.4, -0.2) is 72.7 Å². The molecule has 0 aromatic heterocycles. The summed E-state index contributed by atoms with van der Waals surface area (Å²) in [6, 6.07) is 0. The normalized spacial score (nSPS) is 12.7. The highest BCUT2D eigenvalue weighted by Gasteiger charge is 2.28. The molecule has 0 fully saturated rings. The van der Waals surface area contributed by atoms with E-state index in [1.165, 1.54) is 128 Å². The van der Waals surface area contributed by atoms with Gasteiger partial charge in [0.05, 0.1) is 14.1 Å². The Kier molecular flexibility index (Phi) is 32.2. The highest BCUT2D eigenvalue weighted by Crippen LogP contribution is 2.35. The zero-order valence-electron chi connectivity index (χ0n) is 32.4. The fourth-order valence-corrected chi connectivity index (χ4v) is 6.57. The van der Waals surface area contributed by atoms with Gasteiger partial charge in [-0.15, -0.1) is 0 Å². The minimum absolute atomic E-state index is 0.0251. The van der Waals surface area contributed by atoms with Crippen LogP contribution in [0.1, 0.15) is 194 Å². The lowest BCUT2D eigenvalue weighted by molar-refractivity contribution is -0.893. The first-order valence-electron chi connectivity index (χ1n) is 20.4. The van der Waals surface area contributed by atoms with Crippen molar-refractivity contribution in [3.8, 4) is 0 Å². The van der Waals surface area contributed by atoms with Gasteiger partial charge in [0.1, 0.15) is 26.3 Å². The molecule has 2 N–H and O–H groups in total. The van der Waals surface area contributed by atoms with E-state index in [0.717, 1.165) is 38.5 Å². The SMILES string of the molecule is CCCCCCCCCCCCCCCC(=O)OCC(C[N+](C)(C)CCOP(=O)(O)O)OC(=O)CCCCCCCCCCCCCCC. The highest BCUT2D eigenvalue weighted by molar-refractivity contribution is 7.46. The van der Waals surface area contributed by atoms with Gasteiger partial charge >= 0.3 is 19.8 Å². The maximum atomic E-state index is 12.7. The third kappa shape index (κ3) is 36.6. The molecule has 0 rings (SSSR count). The molecule has 0 aliphatic rings. The van der Waals surface area contributed by atoms with E-state index < -0.39 is 13.9 Å². The maximum Gasteiger partial charge on any atom is 0.469 e. The summed E-state index contributed by atoms with van der Waals surface area (Å²) in [5, 5.41) is 0. The summed E-state index contributed by atoms with van der Waals surface area (Å²) < 4.78 is 27.4. The molecule has 0 saturated carbocycles. The lowest BCUT2D eigenvalue weighted by Gasteiger charge is -2.33. The van der Waals surface area contributed by atoms with Crippen LogP contribution in [0.3, 0.4) is 0 Å². The van der Waals surface area contributed by atoms with Crippen molar-refractivity contribution in [3.63, 3.8) is 0 Å². The van der Waals surface area contributed by atoms with Crippen molar-refractivity contribution in [3.05, 3.63) is 0 Å². The predicted octanol–water partition coefficient (Wildman–Crippen LogP) is 10.6. The Morgan fingerprint density at radius 1 is 0.571 bits per heavy atom. The van der Waals surface area contributed by atoms with Gasteiger partial charge in [-0.3, -0.25) is 14.1 Å². The summed E-state index contributed by atoms with van der Waals surface area (Å²) in [5.74, 6) is -0.581. The number of esters is 2. The molecule has 292 valence electrons. The van der Waals surface area contributed by atoms with Gasteiger partial charge < -0.3 is 23.7 Å². The van der Waals surface area contributed by atoms with Crippen LogP contribution in [0, 0.1) is 0 Å². The van der Waals surface area contributed by atoms with Gasteiger partial charge in [-0.1, -0.05) is 168 Å². The van der Waals surface area contributed by atoms with Crippen molar-refractivity contribution in [2.45, 2.75) is 200 Å². The third-order valence-electron chi connectivity index (χ3n) is 9.35. The number of nitrogens with zero attached hydrogens (tertiary/aromatic N) is 1. The number of rotatable bonds is 37. The van der Waals surface area contributed by atoms with Crippen molar-refractivity contribution >= 4 is 19.8 Å². The van der Waals surface area contributed by atoms with Crippen molar-refractivity contribution in [1.29, 1.82) is 0 Å². The summed E-state index contributed by atoms with van der Waals surface area (Å²) in [5.41, 5.74) is 0. The van der Waals surface area contributed by atoms with E-state index in [-0.39, 0.29) is 29.6 Å². The predicted molar refractivity (Wildman–Crippen MR) is 201 cm³/mol. The molecule has 9 nitrogen and oxygen atoms in total. The molecule has 0 aromatic rings. The number of carbonyl (C=O) groups excluding carboxylic acids is 2. The Bertz CT molecular complexity index is 819. The van der Waals surface area contributed by atoms with Crippen LogP contribution in [0.5, 0.6) is 0 Å². The molecule has 0 aliphatic carbocycles. The molecular formula is C39H79NO8P+. The van der Waals surface area contributed by atoms with Gasteiger partial charge in [-0.05, 0) is 12.8 Å². The molecule has 1 unspecified atom stereocenters. The zero-order chi connectivity index (χ0) is 36.5. The van der Waals surface area contributed by atoms with Crippen LogP contribution in [-0.2, 0) is 28.2 Å². The Hall–Kier alpha value is -0.990. The summed E-state index contributed by atoms with van der Waals surface area (Å²) in [6.07, 6.45) is 32.2. The average molecular weight is 721 g/mol. The molecule has 0 heterocycles. The smallest absolute Gasteiger partial charge is 0.461 e. The van der Waals surface area contributed by atoms with E-state index in [0.29, 0.717) is 25.9 Å². The standard InChI is InChI=1S/C39H78NO8P/c1-5-7-9-11-13-15-17-19-21-23-25-27-29-31-38(41)46-36-37(35-40(3,4)33-34-47-49(43,44)45)48-39(42)32-30-28-26-24-22-20-18-16-14-12-10-8-6-2/h37H,5-36H2,1-4H3,(H-,43,44,45)/p+1. The van der Waals surface area contributed by atoms with E-state index in [1.807, 2.05) is 14.1 Å². The number of unbranched alkanes of at least 4 members (excludes halogenated alkanes) is 24. The van der Waals surface area contributed by atoms with Crippen molar-refractivity contribution in [2.75, 3.05) is 40.4 Å². The molecule has 0 amide bonds. The van der Waals surface area contributed by atoms with Gasteiger partial charge in [-0.2, -0.15) is 0 Å². The number of carbonyl (C=O) groups is 2. The fraction of sp³-hybridized carbons (Fsp3) is 0.949. The molecule has 10 heteroatoms. The number of phosphoric ester groups is 1. The first-order valence-corrected chi connectivity index (χ1v) is 21.9. The monoisotopic (exact) mass is 721 g/mol. The van der Waals surface area contributed by atoms with Crippen molar-refractivity contribution in [2.24, 2.45) is 0 Å². The van der Waals surface area contributed by atoms with Crippen LogP contribution in [0.4, 0.5) is 0 Å². The molecule has 1 atom stereocenters. The number of quaternary nitrogens is 1. The second-order valence-corrected chi connectivity index (χ2v) is 16.2. The quantitative estimate of drug-likeness (QED) is 0.0282. The van der Waals surface area contributed by atoms with Crippen LogP contribution < -0.4 is 0 Å². The molecule has 0 aromatic carbocycles. The Labute approximate surface area is 301 Å². The van der Waals surface area contributed by atoms with E-state index >= 15 is 0 Å². The van der Waals surface area contributed by atoms with Crippen LogP contribution in [0.2, 0.25) is 0 Å². The minimum Gasteiger partial charge on any atom is -0.461 e. The topological polar surface area (TPSA) is 119 Å². The van der Waals surface area contributed by atoms with Gasteiger partial charge in [-0.25, -0.2) is 4.57 Å². The number of ether oxygens (including phenoxy) is 2. The minimum atomic E-state index is -4.56. The molecule has 49 heavy (non-hydrogen) atoms. The largest absolute Gasteiger partial charge is 0.469 e. The maximum absolute atomic E-state index is 12.7. The Balaban J connectivity index is 4.35.